The van der Waals surface area contributed by atoms with E-state index in [9.17, 15) is 4.39 Å². The third kappa shape index (κ3) is 1.73. The smallest absolute Gasteiger partial charge is 0.126 e. The Balaban J connectivity index is 2.77. The van der Waals surface area contributed by atoms with Crippen molar-refractivity contribution >= 4 is 17.4 Å². The van der Waals surface area contributed by atoms with E-state index in [0.29, 0.717) is 17.1 Å². The van der Waals surface area contributed by atoms with Crippen LogP contribution in [-0.4, -0.2) is 4.57 Å². The molecular weight excluding hydrogens is 253 g/mol. The quantitative estimate of drug-likeness (QED) is 0.858. The minimum atomic E-state index is -0.413. The van der Waals surface area contributed by atoms with E-state index in [1.807, 2.05) is 13.8 Å². The molecule has 1 aromatic carbocycles. The molecular formula is C13H11ClFN3. The zero-order chi connectivity index (χ0) is 13.4. The van der Waals surface area contributed by atoms with Crippen molar-refractivity contribution in [2.75, 3.05) is 5.73 Å². The van der Waals surface area contributed by atoms with Crippen LogP contribution in [0.2, 0.25) is 5.02 Å². The van der Waals surface area contributed by atoms with Gasteiger partial charge >= 0.3 is 0 Å². The SMILES string of the molecule is Cc1c(C#N)c(N)n(-c2ccc(F)cc2Cl)c1C. The molecule has 0 radical (unpaired) electrons. The Kier molecular flexibility index (Phi) is 3.02. The minimum absolute atomic E-state index is 0.254. The average Bonchev–Trinajstić information content (AvgIpc) is 2.52. The predicted molar refractivity (Wildman–Crippen MR) is 69.3 cm³/mol. The van der Waals surface area contributed by atoms with Gasteiger partial charge in [0.05, 0.1) is 16.3 Å². The van der Waals surface area contributed by atoms with Crippen LogP contribution in [0.15, 0.2) is 18.2 Å². The number of aromatic nitrogens is 1. The van der Waals surface area contributed by atoms with Gasteiger partial charge in [-0.2, -0.15) is 5.26 Å². The fourth-order valence-electron chi connectivity index (χ4n) is 1.95. The van der Waals surface area contributed by atoms with Crippen molar-refractivity contribution in [3.8, 4) is 11.8 Å². The molecule has 3 nitrogen and oxygen atoms in total. The molecule has 1 heterocycles. The number of nitriles is 1. The van der Waals surface area contributed by atoms with Crippen molar-refractivity contribution in [2.45, 2.75) is 13.8 Å². The second-order valence-corrected chi connectivity index (χ2v) is 4.42. The highest BCUT2D eigenvalue weighted by Crippen LogP contribution is 2.31. The van der Waals surface area contributed by atoms with Gasteiger partial charge in [0.15, 0.2) is 0 Å². The van der Waals surface area contributed by atoms with E-state index in [1.54, 1.807) is 10.6 Å². The number of nitrogen functional groups attached to an aromatic ring is 1. The van der Waals surface area contributed by atoms with Gasteiger partial charge in [0.25, 0.3) is 0 Å². The highest BCUT2D eigenvalue weighted by Gasteiger charge is 2.17. The molecule has 0 saturated heterocycles. The van der Waals surface area contributed by atoms with Crippen LogP contribution in [0.5, 0.6) is 0 Å². The number of anilines is 1. The molecule has 2 aromatic rings. The molecule has 0 fully saturated rings. The maximum atomic E-state index is 13.0. The maximum absolute atomic E-state index is 13.0. The van der Waals surface area contributed by atoms with Gasteiger partial charge in [-0.3, -0.25) is 4.57 Å². The first-order valence-corrected chi connectivity index (χ1v) is 5.68. The van der Waals surface area contributed by atoms with E-state index in [4.69, 9.17) is 22.6 Å². The number of benzene rings is 1. The molecule has 1 aromatic heterocycles. The summed E-state index contributed by atoms with van der Waals surface area (Å²) in [7, 11) is 0. The van der Waals surface area contributed by atoms with E-state index in [-0.39, 0.29) is 5.02 Å². The van der Waals surface area contributed by atoms with Crippen LogP contribution in [0, 0.1) is 31.0 Å². The molecule has 2 N–H and O–H groups in total. The summed E-state index contributed by atoms with van der Waals surface area (Å²) in [5.41, 5.74) is 8.55. The summed E-state index contributed by atoms with van der Waals surface area (Å²) >= 11 is 6.01. The maximum Gasteiger partial charge on any atom is 0.126 e. The molecule has 2 rings (SSSR count). The van der Waals surface area contributed by atoms with Crippen LogP contribution < -0.4 is 5.73 Å². The van der Waals surface area contributed by atoms with Gasteiger partial charge in [-0.05, 0) is 37.6 Å². The standard InChI is InChI=1S/C13H11ClFN3/c1-7-8(2)18(13(17)10(7)6-16)12-4-3-9(15)5-11(12)14/h3-5H,17H2,1-2H3. The van der Waals surface area contributed by atoms with Crippen LogP contribution in [0.1, 0.15) is 16.8 Å². The van der Waals surface area contributed by atoms with E-state index >= 15 is 0 Å². The van der Waals surface area contributed by atoms with Gasteiger partial charge in [0.1, 0.15) is 17.7 Å². The summed E-state index contributed by atoms with van der Waals surface area (Å²) < 4.78 is 14.7. The van der Waals surface area contributed by atoms with E-state index in [0.717, 1.165) is 11.3 Å². The lowest BCUT2D eigenvalue weighted by Gasteiger charge is -2.11. The number of rotatable bonds is 1. The lowest BCUT2D eigenvalue weighted by atomic mass is 10.2. The van der Waals surface area contributed by atoms with Crippen molar-refractivity contribution < 1.29 is 4.39 Å². The largest absolute Gasteiger partial charge is 0.384 e. The molecule has 0 aliphatic heterocycles. The second kappa shape index (κ2) is 4.35. The summed E-state index contributed by atoms with van der Waals surface area (Å²) in [5.74, 6) is -0.0923. The van der Waals surface area contributed by atoms with Gasteiger partial charge in [0, 0.05) is 5.69 Å². The molecule has 5 heteroatoms. The highest BCUT2D eigenvalue weighted by molar-refractivity contribution is 6.32. The Morgan fingerprint density at radius 1 is 1.39 bits per heavy atom. The van der Waals surface area contributed by atoms with Gasteiger partial charge in [-0.15, -0.1) is 0 Å². The normalized spacial score (nSPS) is 10.4. The first kappa shape index (κ1) is 12.5. The van der Waals surface area contributed by atoms with Gasteiger partial charge in [-0.1, -0.05) is 11.6 Å². The number of hydrogen-bond acceptors (Lipinski definition) is 2. The van der Waals surface area contributed by atoms with E-state index < -0.39 is 5.82 Å². The molecule has 92 valence electrons. The van der Waals surface area contributed by atoms with Crippen LogP contribution in [0.4, 0.5) is 10.2 Å². The fraction of sp³-hybridized carbons (Fsp3) is 0.154. The fourth-order valence-corrected chi connectivity index (χ4v) is 2.20. The summed E-state index contributed by atoms with van der Waals surface area (Å²) in [6.07, 6.45) is 0. The topological polar surface area (TPSA) is 54.7 Å². The molecule has 0 saturated carbocycles. The summed E-state index contributed by atoms with van der Waals surface area (Å²) in [6, 6.07) is 6.13. The lowest BCUT2D eigenvalue weighted by molar-refractivity contribution is 0.627. The molecule has 0 aliphatic rings. The summed E-state index contributed by atoms with van der Waals surface area (Å²) in [5, 5.41) is 9.32. The number of nitrogens with zero attached hydrogens (tertiary/aromatic N) is 2. The number of hydrogen-bond donors (Lipinski definition) is 1. The Morgan fingerprint density at radius 3 is 2.56 bits per heavy atom. The minimum Gasteiger partial charge on any atom is -0.384 e. The van der Waals surface area contributed by atoms with Gasteiger partial charge < -0.3 is 5.73 Å². The van der Waals surface area contributed by atoms with Crippen molar-refractivity contribution in [1.82, 2.24) is 4.57 Å². The van der Waals surface area contributed by atoms with Crippen LogP contribution >= 0.6 is 11.6 Å². The Hall–Kier alpha value is -1.99. The van der Waals surface area contributed by atoms with Crippen molar-refractivity contribution in [3.05, 3.63) is 45.9 Å². The molecule has 0 bridgehead atoms. The van der Waals surface area contributed by atoms with Crippen molar-refractivity contribution in [2.24, 2.45) is 0 Å². The molecule has 0 amide bonds. The molecule has 18 heavy (non-hydrogen) atoms. The molecule has 0 aliphatic carbocycles. The van der Waals surface area contributed by atoms with Crippen LogP contribution in [-0.2, 0) is 0 Å². The Morgan fingerprint density at radius 2 is 2.06 bits per heavy atom. The Bertz CT molecular complexity index is 668. The zero-order valence-corrected chi connectivity index (χ0v) is 10.7. The van der Waals surface area contributed by atoms with Crippen molar-refractivity contribution in [3.63, 3.8) is 0 Å². The molecule has 0 atom stereocenters. The first-order chi connectivity index (χ1) is 8.47. The number of halogens is 2. The lowest BCUT2D eigenvalue weighted by Crippen LogP contribution is -2.03. The monoisotopic (exact) mass is 263 g/mol. The predicted octanol–water partition coefficient (Wildman–Crippen LogP) is 3.34. The molecule has 0 spiro atoms. The third-order valence-electron chi connectivity index (χ3n) is 3.01. The number of nitrogens with two attached hydrogens (primary N) is 1. The Labute approximate surface area is 109 Å². The van der Waals surface area contributed by atoms with Crippen LogP contribution in [0.25, 0.3) is 5.69 Å². The second-order valence-electron chi connectivity index (χ2n) is 4.01. The average molecular weight is 264 g/mol. The first-order valence-electron chi connectivity index (χ1n) is 5.30. The van der Waals surface area contributed by atoms with Crippen LogP contribution in [0.3, 0.4) is 0 Å². The third-order valence-corrected chi connectivity index (χ3v) is 3.32. The van der Waals surface area contributed by atoms with Gasteiger partial charge in [0.2, 0.25) is 0 Å². The van der Waals surface area contributed by atoms with E-state index in [1.165, 1.54) is 12.1 Å². The van der Waals surface area contributed by atoms with Crippen molar-refractivity contribution in [1.29, 1.82) is 5.26 Å². The van der Waals surface area contributed by atoms with Gasteiger partial charge in [-0.25, -0.2) is 4.39 Å². The summed E-state index contributed by atoms with van der Waals surface area (Å²) in [4.78, 5) is 0. The highest BCUT2D eigenvalue weighted by atomic mass is 35.5. The zero-order valence-electron chi connectivity index (χ0n) is 9.96. The summed E-state index contributed by atoms with van der Waals surface area (Å²) in [6.45, 7) is 3.66. The van der Waals surface area contributed by atoms with E-state index in [2.05, 4.69) is 6.07 Å². The molecule has 0 unspecified atom stereocenters.